The van der Waals surface area contributed by atoms with E-state index < -0.39 is 28.0 Å². The Bertz CT molecular complexity index is 745. The first kappa shape index (κ1) is 17.2. The number of aryl methyl sites for hydroxylation is 2. The molecule has 2 rings (SSSR count). The van der Waals surface area contributed by atoms with E-state index >= 15 is 0 Å². The van der Waals surface area contributed by atoms with Crippen LogP contribution in [-0.2, 0) is 14.8 Å². The van der Waals surface area contributed by atoms with Gasteiger partial charge in [-0.15, -0.1) is 0 Å². The standard InChI is InChI=1S/C14H19N3O5S/c1-4-22-11-5-9(3)12(6-8(11)2)23(20,21)15-7-10-13(18)17-14(19)16-10/h5-6,10,15H,4,7H2,1-3H3,(H2,16,17,18,19). The Balaban J connectivity index is 2.18. The zero-order valence-corrected chi connectivity index (χ0v) is 13.9. The molecule has 8 nitrogen and oxygen atoms in total. The zero-order chi connectivity index (χ0) is 17.2. The van der Waals surface area contributed by atoms with Crippen molar-refractivity contribution < 1.29 is 22.7 Å². The summed E-state index contributed by atoms with van der Waals surface area (Å²) in [6, 6.07) is 1.64. The van der Waals surface area contributed by atoms with Gasteiger partial charge in [-0.05, 0) is 44.0 Å². The van der Waals surface area contributed by atoms with Crippen LogP contribution in [0.3, 0.4) is 0 Å². The highest BCUT2D eigenvalue weighted by Crippen LogP contribution is 2.25. The number of hydrogen-bond donors (Lipinski definition) is 3. The quantitative estimate of drug-likeness (QED) is 0.639. The Morgan fingerprint density at radius 3 is 2.48 bits per heavy atom. The topological polar surface area (TPSA) is 114 Å². The van der Waals surface area contributed by atoms with Crippen LogP contribution in [0.25, 0.3) is 0 Å². The number of ether oxygens (including phenoxy) is 1. The van der Waals surface area contributed by atoms with Crippen molar-refractivity contribution in [3.63, 3.8) is 0 Å². The predicted molar refractivity (Wildman–Crippen MR) is 82.7 cm³/mol. The predicted octanol–water partition coefficient (Wildman–Crippen LogP) is 0.188. The summed E-state index contributed by atoms with van der Waals surface area (Å²) in [7, 11) is -3.81. The van der Waals surface area contributed by atoms with Crippen molar-refractivity contribution in [1.82, 2.24) is 15.4 Å². The molecule has 0 radical (unpaired) electrons. The van der Waals surface area contributed by atoms with Gasteiger partial charge < -0.3 is 10.1 Å². The van der Waals surface area contributed by atoms with Crippen molar-refractivity contribution in [2.45, 2.75) is 31.7 Å². The largest absolute Gasteiger partial charge is 0.494 e. The molecule has 0 aliphatic carbocycles. The lowest BCUT2D eigenvalue weighted by Gasteiger charge is -2.14. The van der Waals surface area contributed by atoms with Gasteiger partial charge in [-0.3, -0.25) is 10.1 Å². The second kappa shape index (κ2) is 6.55. The van der Waals surface area contributed by atoms with Gasteiger partial charge in [0, 0.05) is 6.54 Å². The van der Waals surface area contributed by atoms with E-state index in [0.29, 0.717) is 23.5 Å². The first-order valence-electron chi connectivity index (χ1n) is 7.09. The maximum absolute atomic E-state index is 12.4. The van der Waals surface area contributed by atoms with Gasteiger partial charge in [-0.2, -0.15) is 0 Å². The molecule has 3 N–H and O–H groups in total. The molecule has 3 amide bonds. The van der Waals surface area contributed by atoms with Crippen molar-refractivity contribution in [2.75, 3.05) is 13.2 Å². The number of sulfonamides is 1. The van der Waals surface area contributed by atoms with Crippen LogP contribution in [0.4, 0.5) is 4.79 Å². The average Bonchev–Trinajstić information content (AvgIpc) is 2.78. The minimum Gasteiger partial charge on any atom is -0.494 e. The molecule has 1 aliphatic heterocycles. The van der Waals surface area contributed by atoms with Gasteiger partial charge in [0.2, 0.25) is 10.0 Å². The number of rotatable bonds is 6. The highest BCUT2D eigenvalue weighted by molar-refractivity contribution is 7.89. The lowest BCUT2D eigenvalue weighted by atomic mass is 10.1. The molecule has 1 aliphatic rings. The third-order valence-electron chi connectivity index (χ3n) is 3.40. The smallest absolute Gasteiger partial charge is 0.322 e. The first-order valence-corrected chi connectivity index (χ1v) is 8.58. The molecular weight excluding hydrogens is 322 g/mol. The molecule has 1 fully saturated rings. The maximum atomic E-state index is 12.4. The summed E-state index contributed by atoms with van der Waals surface area (Å²) in [6.07, 6.45) is 0. The maximum Gasteiger partial charge on any atom is 0.322 e. The summed E-state index contributed by atoms with van der Waals surface area (Å²) in [5, 5.41) is 4.38. The fourth-order valence-electron chi connectivity index (χ4n) is 2.24. The fraction of sp³-hybridized carbons (Fsp3) is 0.429. The van der Waals surface area contributed by atoms with E-state index in [1.54, 1.807) is 19.9 Å². The number of carbonyl (C=O) groups excluding carboxylic acids is 2. The minimum atomic E-state index is -3.81. The summed E-state index contributed by atoms with van der Waals surface area (Å²) in [5.41, 5.74) is 1.23. The Morgan fingerprint density at radius 2 is 1.91 bits per heavy atom. The number of carbonyl (C=O) groups is 2. The molecule has 0 saturated carbocycles. The van der Waals surface area contributed by atoms with E-state index in [0.717, 1.165) is 0 Å². The van der Waals surface area contributed by atoms with Gasteiger partial charge in [-0.25, -0.2) is 17.9 Å². The average molecular weight is 341 g/mol. The van der Waals surface area contributed by atoms with Gasteiger partial charge in [-0.1, -0.05) is 0 Å². The van der Waals surface area contributed by atoms with E-state index in [2.05, 4.69) is 10.0 Å². The van der Waals surface area contributed by atoms with E-state index in [1.165, 1.54) is 6.07 Å². The molecule has 23 heavy (non-hydrogen) atoms. The molecule has 1 unspecified atom stereocenters. The molecular formula is C14H19N3O5S. The second-order valence-electron chi connectivity index (χ2n) is 5.18. The molecule has 0 aromatic heterocycles. The van der Waals surface area contributed by atoms with Crippen LogP contribution in [0.1, 0.15) is 18.1 Å². The van der Waals surface area contributed by atoms with Crippen molar-refractivity contribution >= 4 is 22.0 Å². The Hall–Kier alpha value is -2.13. The molecule has 9 heteroatoms. The minimum absolute atomic E-state index is 0.114. The highest BCUT2D eigenvalue weighted by Gasteiger charge is 2.31. The fourth-order valence-corrected chi connectivity index (χ4v) is 3.59. The molecule has 0 spiro atoms. The Kier molecular flexibility index (Phi) is 4.90. The lowest BCUT2D eigenvalue weighted by Crippen LogP contribution is -2.41. The van der Waals surface area contributed by atoms with Gasteiger partial charge in [0.1, 0.15) is 11.8 Å². The normalized spacial score (nSPS) is 17.8. The summed E-state index contributed by atoms with van der Waals surface area (Å²) >= 11 is 0. The van der Waals surface area contributed by atoms with Gasteiger partial charge in [0.25, 0.3) is 5.91 Å². The summed E-state index contributed by atoms with van der Waals surface area (Å²) in [6.45, 7) is 5.54. The molecule has 1 aromatic rings. The molecule has 1 heterocycles. The highest BCUT2D eigenvalue weighted by atomic mass is 32.2. The molecule has 126 valence electrons. The van der Waals surface area contributed by atoms with Crippen molar-refractivity contribution in [3.8, 4) is 5.75 Å². The molecule has 1 aromatic carbocycles. The SMILES string of the molecule is CCOc1cc(C)c(S(=O)(=O)NCC2NC(=O)NC2=O)cc1C. The van der Waals surface area contributed by atoms with E-state index in [4.69, 9.17) is 4.74 Å². The number of amides is 3. The number of nitrogens with one attached hydrogen (secondary N) is 3. The lowest BCUT2D eigenvalue weighted by molar-refractivity contribution is -0.120. The zero-order valence-electron chi connectivity index (χ0n) is 13.1. The molecule has 0 bridgehead atoms. The number of benzene rings is 1. The van der Waals surface area contributed by atoms with Crippen molar-refractivity contribution in [2.24, 2.45) is 0 Å². The van der Waals surface area contributed by atoms with Crippen molar-refractivity contribution in [1.29, 1.82) is 0 Å². The van der Waals surface area contributed by atoms with Gasteiger partial charge in [0.05, 0.1) is 11.5 Å². The first-order chi connectivity index (χ1) is 10.7. The number of urea groups is 1. The van der Waals surface area contributed by atoms with Gasteiger partial charge >= 0.3 is 6.03 Å². The number of imide groups is 1. The summed E-state index contributed by atoms with van der Waals surface area (Å²) < 4.78 is 32.6. The van der Waals surface area contributed by atoms with E-state index in [1.807, 2.05) is 12.2 Å². The van der Waals surface area contributed by atoms with E-state index in [-0.39, 0.29) is 11.4 Å². The Labute approximate surface area is 134 Å². The van der Waals surface area contributed by atoms with Gasteiger partial charge in [0.15, 0.2) is 0 Å². The summed E-state index contributed by atoms with van der Waals surface area (Å²) in [4.78, 5) is 22.6. The number of hydrogen-bond acceptors (Lipinski definition) is 5. The van der Waals surface area contributed by atoms with Crippen molar-refractivity contribution in [3.05, 3.63) is 23.3 Å². The third-order valence-corrected chi connectivity index (χ3v) is 4.96. The van der Waals surface area contributed by atoms with Crippen LogP contribution in [0.5, 0.6) is 5.75 Å². The monoisotopic (exact) mass is 341 g/mol. The van der Waals surface area contributed by atoms with Crippen LogP contribution in [0.15, 0.2) is 17.0 Å². The molecule has 1 saturated heterocycles. The Morgan fingerprint density at radius 1 is 1.22 bits per heavy atom. The summed E-state index contributed by atoms with van der Waals surface area (Å²) in [5.74, 6) is 0.0729. The van der Waals surface area contributed by atoms with Crippen LogP contribution < -0.4 is 20.1 Å². The van der Waals surface area contributed by atoms with Crippen LogP contribution >= 0.6 is 0 Å². The van der Waals surface area contributed by atoms with Crippen LogP contribution in [0.2, 0.25) is 0 Å². The van der Waals surface area contributed by atoms with Crippen LogP contribution in [0, 0.1) is 13.8 Å². The van der Waals surface area contributed by atoms with E-state index in [9.17, 15) is 18.0 Å². The molecule has 1 atom stereocenters. The third kappa shape index (κ3) is 3.80. The second-order valence-corrected chi connectivity index (χ2v) is 6.92. The van der Waals surface area contributed by atoms with Crippen LogP contribution in [-0.4, -0.2) is 39.5 Å².